The molecule has 2 N–H and O–H groups in total. The van der Waals surface area contributed by atoms with E-state index in [1.165, 1.54) is 25.7 Å². The first kappa shape index (κ1) is 11.0. The van der Waals surface area contributed by atoms with Gasteiger partial charge in [0.1, 0.15) is 0 Å². The largest absolute Gasteiger partial charge is 0.379 e. The summed E-state index contributed by atoms with van der Waals surface area (Å²) in [5, 5.41) is 9.38. The van der Waals surface area contributed by atoms with Crippen LogP contribution < -0.4 is 10.6 Å². The Morgan fingerprint density at radius 3 is 2.79 bits per heavy atom. The molecule has 2 heterocycles. The SMILES string of the molecule is C1=CC(c2cccc3c2sc2ccccc23)NCN1. The van der Waals surface area contributed by atoms with Gasteiger partial charge >= 0.3 is 0 Å². The Bertz CT molecular complexity index is 773. The van der Waals surface area contributed by atoms with E-state index >= 15 is 0 Å². The summed E-state index contributed by atoms with van der Waals surface area (Å²) in [6, 6.07) is 15.6. The molecule has 0 bridgehead atoms. The Morgan fingerprint density at radius 2 is 1.89 bits per heavy atom. The first-order chi connectivity index (χ1) is 9.43. The van der Waals surface area contributed by atoms with Gasteiger partial charge in [-0.05, 0) is 23.9 Å². The van der Waals surface area contributed by atoms with Gasteiger partial charge in [-0.2, -0.15) is 0 Å². The van der Waals surface area contributed by atoms with Crippen LogP contribution in [0.5, 0.6) is 0 Å². The average Bonchev–Trinajstić information content (AvgIpc) is 2.87. The Morgan fingerprint density at radius 1 is 1.00 bits per heavy atom. The van der Waals surface area contributed by atoms with Crippen molar-refractivity contribution in [2.75, 3.05) is 6.67 Å². The summed E-state index contributed by atoms with van der Waals surface area (Å²) in [6.45, 7) is 0.822. The molecule has 0 aliphatic carbocycles. The van der Waals surface area contributed by atoms with Crippen molar-refractivity contribution in [1.29, 1.82) is 0 Å². The van der Waals surface area contributed by atoms with Crippen LogP contribution in [-0.2, 0) is 0 Å². The molecule has 1 aromatic heterocycles. The van der Waals surface area contributed by atoms with Gasteiger partial charge in [-0.3, -0.25) is 5.32 Å². The van der Waals surface area contributed by atoms with E-state index < -0.39 is 0 Å². The minimum Gasteiger partial charge on any atom is -0.379 e. The number of fused-ring (bicyclic) bond motifs is 3. The van der Waals surface area contributed by atoms with Crippen LogP contribution in [0.1, 0.15) is 11.6 Å². The molecule has 1 atom stereocenters. The van der Waals surface area contributed by atoms with Crippen molar-refractivity contribution in [2.45, 2.75) is 6.04 Å². The standard InChI is InChI=1S/C16H14N2S/c1-2-7-15-11(4-1)12-5-3-6-13(16(12)19-15)14-8-9-17-10-18-14/h1-9,14,17-18H,10H2. The first-order valence-corrected chi connectivity index (χ1v) is 7.29. The molecule has 0 amide bonds. The molecule has 0 radical (unpaired) electrons. The van der Waals surface area contributed by atoms with Crippen molar-refractivity contribution in [1.82, 2.24) is 10.6 Å². The highest BCUT2D eigenvalue weighted by Crippen LogP contribution is 2.38. The molecule has 2 nitrogen and oxygen atoms in total. The van der Waals surface area contributed by atoms with E-state index in [-0.39, 0.29) is 0 Å². The second kappa shape index (κ2) is 4.37. The lowest BCUT2D eigenvalue weighted by molar-refractivity contribution is 0.567. The van der Waals surface area contributed by atoms with E-state index in [0.29, 0.717) is 6.04 Å². The third kappa shape index (κ3) is 1.74. The molecule has 0 saturated heterocycles. The predicted octanol–water partition coefficient (Wildman–Crippen LogP) is 3.76. The number of hydrogen-bond donors (Lipinski definition) is 2. The topological polar surface area (TPSA) is 24.1 Å². The van der Waals surface area contributed by atoms with Gasteiger partial charge in [0.2, 0.25) is 0 Å². The van der Waals surface area contributed by atoms with Crippen LogP contribution in [0.25, 0.3) is 20.2 Å². The Labute approximate surface area is 115 Å². The highest BCUT2D eigenvalue weighted by Gasteiger charge is 2.15. The summed E-state index contributed by atoms with van der Waals surface area (Å²) in [7, 11) is 0. The quantitative estimate of drug-likeness (QED) is 0.701. The fraction of sp³-hybridized carbons (Fsp3) is 0.125. The van der Waals surface area contributed by atoms with Crippen LogP contribution in [-0.4, -0.2) is 6.67 Å². The molecule has 94 valence electrons. The Balaban J connectivity index is 2.00. The maximum absolute atomic E-state index is 3.48. The van der Waals surface area contributed by atoms with Gasteiger partial charge in [0.05, 0.1) is 12.7 Å². The van der Waals surface area contributed by atoms with Crippen LogP contribution in [0.4, 0.5) is 0 Å². The third-order valence-corrected chi connectivity index (χ3v) is 4.84. The van der Waals surface area contributed by atoms with Gasteiger partial charge in [-0.15, -0.1) is 11.3 Å². The molecule has 2 aromatic carbocycles. The van der Waals surface area contributed by atoms with Crippen LogP contribution in [0, 0.1) is 0 Å². The molecule has 0 spiro atoms. The van der Waals surface area contributed by atoms with Crippen LogP contribution in [0.3, 0.4) is 0 Å². The molecule has 0 saturated carbocycles. The Hall–Kier alpha value is -1.84. The number of nitrogens with one attached hydrogen (secondary N) is 2. The summed E-state index contributed by atoms with van der Waals surface area (Å²) in [4.78, 5) is 0. The molecule has 3 heteroatoms. The number of hydrogen-bond acceptors (Lipinski definition) is 3. The highest BCUT2D eigenvalue weighted by molar-refractivity contribution is 7.26. The second-order valence-electron chi connectivity index (χ2n) is 4.74. The molecular formula is C16H14N2S. The molecule has 4 rings (SSSR count). The number of thiophene rings is 1. The molecule has 19 heavy (non-hydrogen) atoms. The molecule has 1 aliphatic heterocycles. The van der Waals surface area contributed by atoms with Gasteiger partial charge in [0, 0.05) is 20.2 Å². The van der Waals surface area contributed by atoms with E-state index in [1.54, 1.807) is 0 Å². The monoisotopic (exact) mass is 266 g/mol. The van der Waals surface area contributed by atoms with Crippen molar-refractivity contribution < 1.29 is 0 Å². The van der Waals surface area contributed by atoms with Crippen LogP contribution in [0.15, 0.2) is 54.7 Å². The summed E-state index contributed by atoms with van der Waals surface area (Å²) in [6.07, 6.45) is 4.22. The fourth-order valence-electron chi connectivity index (χ4n) is 2.69. The summed E-state index contributed by atoms with van der Waals surface area (Å²) in [5.41, 5.74) is 1.37. The molecule has 3 aromatic rings. The highest BCUT2D eigenvalue weighted by atomic mass is 32.1. The van der Waals surface area contributed by atoms with Crippen molar-refractivity contribution in [2.24, 2.45) is 0 Å². The zero-order valence-corrected chi connectivity index (χ0v) is 11.2. The lowest BCUT2D eigenvalue weighted by atomic mass is 10.0. The second-order valence-corrected chi connectivity index (χ2v) is 5.80. The molecular weight excluding hydrogens is 252 g/mol. The maximum atomic E-state index is 3.48. The van der Waals surface area contributed by atoms with Gasteiger partial charge in [0.15, 0.2) is 0 Å². The van der Waals surface area contributed by atoms with Crippen molar-refractivity contribution >= 4 is 31.5 Å². The fourth-order valence-corrected chi connectivity index (χ4v) is 3.94. The number of rotatable bonds is 1. The van der Waals surface area contributed by atoms with Gasteiger partial charge in [-0.1, -0.05) is 36.4 Å². The normalized spacial score (nSPS) is 18.8. The van der Waals surface area contributed by atoms with E-state index in [4.69, 9.17) is 0 Å². The van der Waals surface area contributed by atoms with Gasteiger partial charge < -0.3 is 5.32 Å². The molecule has 1 unspecified atom stereocenters. The third-order valence-electron chi connectivity index (χ3n) is 3.60. The predicted molar refractivity (Wildman–Crippen MR) is 82.4 cm³/mol. The molecule has 1 aliphatic rings. The lowest BCUT2D eigenvalue weighted by Crippen LogP contribution is -2.32. The van der Waals surface area contributed by atoms with Gasteiger partial charge in [0.25, 0.3) is 0 Å². The minimum absolute atomic E-state index is 0.304. The van der Waals surface area contributed by atoms with E-state index in [0.717, 1.165) is 6.67 Å². The summed E-state index contributed by atoms with van der Waals surface area (Å²) >= 11 is 1.89. The van der Waals surface area contributed by atoms with E-state index in [1.807, 2.05) is 17.5 Å². The van der Waals surface area contributed by atoms with Crippen LogP contribution in [0.2, 0.25) is 0 Å². The summed E-state index contributed by atoms with van der Waals surface area (Å²) < 4.78 is 2.76. The summed E-state index contributed by atoms with van der Waals surface area (Å²) in [5.74, 6) is 0. The van der Waals surface area contributed by atoms with Gasteiger partial charge in [-0.25, -0.2) is 0 Å². The van der Waals surface area contributed by atoms with E-state index in [2.05, 4.69) is 59.2 Å². The van der Waals surface area contributed by atoms with E-state index in [9.17, 15) is 0 Å². The van der Waals surface area contributed by atoms with Crippen molar-refractivity contribution in [3.63, 3.8) is 0 Å². The average molecular weight is 266 g/mol. The Kier molecular flexibility index (Phi) is 2.53. The van der Waals surface area contributed by atoms with Crippen molar-refractivity contribution in [3.8, 4) is 0 Å². The molecule has 0 fully saturated rings. The smallest absolute Gasteiger partial charge is 0.0655 e. The van der Waals surface area contributed by atoms with Crippen LogP contribution >= 0.6 is 11.3 Å². The zero-order chi connectivity index (χ0) is 12.7. The zero-order valence-electron chi connectivity index (χ0n) is 10.4. The first-order valence-electron chi connectivity index (χ1n) is 6.47. The maximum Gasteiger partial charge on any atom is 0.0655 e. The number of benzene rings is 2. The lowest BCUT2D eigenvalue weighted by Gasteiger charge is -2.20. The minimum atomic E-state index is 0.304. The van der Waals surface area contributed by atoms with Crippen molar-refractivity contribution in [3.05, 3.63) is 60.3 Å².